The third-order valence-corrected chi connectivity index (χ3v) is 1.79. The molecule has 0 aliphatic heterocycles. The van der Waals surface area contributed by atoms with E-state index in [9.17, 15) is 4.79 Å². The molecule has 0 heterocycles. The predicted molar refractivity (Wildman–Crippen MR) is 55.0 cm³/mol. The van der Waals surface area contributed by atoms with Crippen molar-refractivity contribution in [1.29, 1.82) is 0 Å². The molecule has 14 heavy (non-hydrogen) atoms. The number of hydrogen-bond donors (Lipinski definition) is 2. The Hall–Kier alpha value is -1.35. The first-order valence-corrected chi connectivity index (χ1v) is 4.64. The summed E-state index contributed by atoms with van der Waals surface area (Å²) in [4.78, 5) is 11.5. The normalized spacial score (nSPS) is 10.3. The van der Waals surface area contributed by atoms with Gasteiger partial charge in [-0.3, -0.25) is 4.79 Å². The van der Waals surface area contributed by atoms with E-state index >= 15 is 0 Å². The number of carbonyl (C=O) groups is 1. The third-order valence-electron chi connectivity index (χ3n) is 1.79. The summed E-state index contributed by atoms with van der Waals surface area (Å²) >= 11 is 0. The number of aliphatic hydroxyl groups excluding tert-OH is 1. The maximum atomic E-state index is 11.5. The average molecular weight is 193 g/mol. The van der Waals surface area contributed by atoms with E-state index in [0.717, 1.165) is 5.56 Å². The lowest BCUT2D eigenvalue weighted by Crippen LogP contribution is -2.30. The van der Waals surface area contributed by atoms with Gasteiger partial charge in [0.15, 0.2) is 0 Å². The van der Waals surface area contributed by atoms with Crippen molar-refractivity contribution in [2.45, 2.75) is 26.5 Å². The molecular weight excluding hydrogens is 178 g/mol. The van der Waals surface area contributed by atoms with Crippen LogP contribution in [0.2, 0.25) is 0 Å². The Morgan fingerprint density at radius 3 is 2.79 bits per heavy atom. The van der Waals surface area contributed by atoms with Crippen LogP contribution in [0.3, 0.4) is 0 Å². The van der Waals surface area contributed by atoms with Crippen molar-refractivity contribution < 1.29 is 9.90 Å². The minimum absolute atomic E-state index is 0.0389. The van der Waals surface area contributed by atoms with E-state index in [2.05, 4.69) is 5.32 Å². The maximum absolute atomic E-state index is 11.5. The predicted octanol–water partition coefficient (Wildman–Crippen LogP) is 1.32. The van der Waals surface area contributed by atoms with Gasteiger partial charge in [-0.25, -0.2) is 0 Å². The molecule has 0 aliphatic carbocycles. The monoisotopic (exact) mass is 193 g/mol. The Morgan fingerprint density at radius 1 is 1.50 bits per heavy atom. The first-order chi connectivity index (χ1) is 6.63. The third kappa shape index (κ3) is 2.85. The van der Waals surface area contributed by atoms with Crippen molar-refractivity contribution in [3.05, 3.63) is 35.4 Å². The van der Waals surface area contributed by atoms with Gasteiger partial charge in [0, 0.05) is 11.6 Å². The molecule has 0 spiro atoms. The van der Waals surface area contributed by atoms with Gasteiger partial charge < -0.3 is 10.4 Å². The van der Waals surface area contributed by atoms with Crippen molar-refractivity contribution in [1.82, 2.24) is 5.32 Å². The van der Waals surface area contributed by atoms with Gasteiger partial charge in [-0.05, 0) is 31.5 Å². The highest BCUT2D eigenvalue weighted by atomic mass is 16.3. The van der Waals surface area contributed by atoms with E-state index < -0.39 is 0 Å². The number of amides is 1. The maximum Gasteiger partial charge on any atom is 0.251 e. The summed E-state index contributed by atoms with van der Waals surface area (Å²) in [6.07, 6.45) is 0. The number of rotatable bonds is 3. The van der Waals surface area contributed by atoms with Crippen LogP contribution in [0.1, 0.15) is 29.8 Å². The molecule has 1 aromatic rings. The summed E-state index contributed by atoms with van der Waals surface area (Å²) in [5, 5.41) is 11.7. The highest BCUT2D eigenvalue weighted by Crippen LogP contribution is 2.05. The second kappa shape index (κ2) is 4.77. The van der Waals surface area contributed by atoms with Crippen LogP contribution < -0.4 is 5.32 Å². The first-order valence-electron chi connectivity index (χ1n) is 4.64. The highest BCUT2D eigenvalue weighted by Gasteiger charge is 2.06. The van der Waals surface area contributed by atoms with Crippen LogP contribution in [0.25, 0.3) is 0 Å². The van der Waals surface area contributed by atoms with Gasteiger partial charge in [-0.15, -0.1) is 0 Å². The number of aliphatic hydroxyl groups is 1. The number of nitrogens with one attached hydrogen (secondary N) is 1. The molecule has 1 aromatic carbocycles. The van der Waals surface area contributed by atoms with Crippen LogP contribution in [0.15, 0.2) is 24.3 Å². The molecule has 0 bridgehead atoms. The fourth-order valence-electron chi connectivity index (χ4n) is 1.16. The van der Waals surface area contributed by atoms with Crippen LogP contribution >= 0.6 is 0 Å². The molecule has 0 saturated heterocycles. The summed E-state index contributed by atoms with van der Waals surface area (Å²) in [6.45, 7) is 3.78. The molecular formula is C11H15NO2. The van der Waals surface area contributed by atoms with Gasteiger partial charge in [0.25, 0.3) is 5.91 Å². The number of carbonyl (C=O) groups excluding carboxylic acids is 1. The molecule has 0 fully saturated rings. The summed E-state index contributed by atoms with van der Waals surface area (Å²) < 4.78 is 0. The van der Waals surface area contributed by atoms with E-state index in [0.29, 0.717) is 5.56 Å². The summed E-state index contributed by atoms with van der Waals surface area (Å²) in [5.41, 5.74) is 1.34. The van der Waals surface area contributed by atoms with E-state index in [-0.39, 0.29) is 18.6 Å². The topological polar surface area (TPSA) is 49.3 Å². The lowest BCUT2D eigenvalue weighted by Gasteiger charge is -2.08. The Bertz CT molecular complexity index is 321. The minimum atomic E-state index is -0.102. The van der Waals surface area contributed by atoms with Gasteiger partial charge in [0.2, 0.25) is 0 Å². The number of benzene rings is 1. The molecule has 0 aliphatic rings. The van der Waals surface area contributed by atoms with Crippen molar-refractivity contribution >= 4 is 5.91 Å². The van der Waals surface area contributed by atoms with Gasteiger partial charge in [-0.2, -0.15) is 0 Å². The molecule has 2 N–H and O–H groups in total. The van der Waals surface area contributed by atoms with Gasteiger partial charge in [0.05, 0.1) is 6.61 Å². The molecule has 3 nitrogen and oxygen atoms in total. The highest BCUT2D eigenvalue weighted by molar-refractivity contribution is 5.94. The van der Waals surface area contributed by atoms with Gasteiger partial charge >= 0.3 is 0 Å². The van der Waals surface area contributed by atoms with Crippen LogP contribution in [0.5, 0.6) is 0 Å². The zero-order valence-corrected chi connectivity index (χ0v) is 8.45. The molecule has 0 saturated carbocycles. The Kier molecular flexibility index (Phi) is 3.65. The van der Waals surface area contributed by atoms with E-state index in [1.54, 1.807) is 24.3 Å². The molecule has 76 valence electrons. The van der Waals surface area contributed by atoms with Gasteiger partial charge in [0.1, 0.15) is 0 Å². The van der Waals surface area contributed by atoms with Crippen LogP contribution in [0, 0.1) is 0 Å². The second-order valence-electron chi connectivity index (χ2n) is 3.49. The Labute approximate surface area is 83.8 Å². The second-order valence-corrected chi connectivity index (χ2v) is 3.49. The fraction of sp³-hybridized carbons (Fsp3) is 0.364. The van der Waals surface area contributed by atoms with E-state index in [1.807, 2.05) is 13.8 Å². The molecule has 0 radical (unpaired) electrons. The summed E-state index contributed by atoms with van der Waals surface area (Å²) in [6, 6.07) is 7.10. The summed E-state index contributed by atoms with van der Waals surface area (Å²) in [7, 11) is 0. The largest absolute Gasteiger partial charge is 0.392 e. The van der Waals surface area contributed by atoms with Crippen LogP contribution in [-0.4, -0.2) is 17.1 Å². The fourth-order valence-corrected chi connectivity index (χ4v) is 1.16. The summed E-state index contributed by atoms with van der Waals surface area (Å²) in [5.74, 6) is -0.102. The quantitative estimate of drug-likeness (QED) is 0.760. The standard InChI is InChI=1S/C11H15NO2/c1-8(2)12-11(14)10-5-3-4-9(6-10)7-13/h3-6,8,13H,7H2,1-2H3,(H,12,14). The zero-order valence-electron chi connectivity index (χ0n) is 8.45. The SMILES string of the molecule is CC(C)NC(=O)c1cccc(CO)c1. The molecule has 0 unspecified atom stereocenters. The van der Waals surface area contributed by atoms with Crippen LogP contribution in [0.4, 0.5) is 0 Å². The minimum Gasteiger partial charge on any atom is -0.392 e. The first kappa shape index (κ1) is 10.7. The molecule has 0 atom stereocenters. The van der Waals surface area contributed by atoms with Gasteiger partial charge in [-0.1, -0.05) is 12.1 Å². The van der Waals surface area contributed by atoms with E-state index in [4.69, 9.17) is 5.11 Å². The average Bonchev–Trinajstić information content (AvgIpc) is 2.17. The zero-order chi connectivity index (χ0) is 10.6. The number of hydrogen-bond acceptors (Lipinski definition) is 2. The lowest BCUT2D eigenvalue weighted by molar-refractivity contribution is 0.0943. The smallest absolute Gasteiger partial charge is 0.251 e. The van der Waals surface area contributed by atoms with E-state index in [1.165, 1.54) is 0 Å². The molecule has 1 rings (SSSR count). The van der Waals surface area contributed by atoms with Crippen molar-refractivity contribution in [2.75, 3.05) is 0 Å². The molecule has 0 aromatic heterocycles. The van der Waals surface area contributed by atoms with Crippen LogP contribution in [-0.2, 0) is 6.61 Å². The van der Waals surface area contributed by atoms with Crippen molar-refractivity contribution in [2.24, 2.45) is 0 Å². The Balaban J connectivity index is 2.79. The van der Waals surface area contributed by atoms with Crippen molar-refractivity contribution in [3.63, 3.8) is 0 Å². The van der Waals surface area contributed by atoms with Crippen molar-refractivity contribution in [3.8, 4) is 0 Å². The molecule has 3 heteroatoms. The lowest BCUT2D eigenvalue weighted by atomic mass is 10.1. The Morgan fingerprint density at radius 2 is 2.21 bits per heavy atom. The molecule has 1 amide bonds.